The van der Waals surface area contributed by atoms with Gasteiger partial charge in [0.15, 0.2) is 5.34 Å². The lowest BCUT2D eigenvalue weighted by molar-refractivity contribution is 0.126. The molecule has 1 aromatic carbocycles. The van der Waals surface area contributed by atoms with E-state index < -0.39 is 0 Å². The van der Waals surface area contributed by atoms with Crippen molar-refractivity contribution in [2.45, 2.75) is 32.8 Å². The Bertz CT molecular complexity index is 298. The van der Waals surface area contributed by atoms with E-state index in [0.717, 1.165) is 5.56 Å². The van der Waals surface area contributed by atoms with Crippen LogP contribution in [0.3, 0.4) is 0 Å². The SMILES string of the molecule is CC(C)(C)c1ccc(CON=O)cc1. The molecule has 0 unspecified atom stereocenters. The van der Waals surface area contributed by atoms with Crippen LogP contribution in [0.15, 0.2) is 29.6 Å². The second-order valence-corrected chi connectivity index (χ2v) is 4.29. The Hall–Kier alpha value is -1.38. The van der Waals surface area contributed by atoms with E-state index >= 15 is 0 Å². The van der Waals surface area contributed by atoms with Gasteiger partial charge in [0.05, 0.1) is 0 Å². The normalized spacial score (nSPS) is 11.1. The van der Waals surface area contributed by atoms with E-state index in [1.165, 1.54) is 5.56 Å². The number of rotatable bonds is 3. The average Bonchev–Trinajstić information content (AvgIpc) is 2.14. The second kappa shape index (κ2) is 4.22. The highest BCUT2D eigenvalue weighted by molar-refractivity contribution is 5.27. The predicted molar refractivity (Wildman–Crippen MR) is 55.7 cm³/mol. The van der Waals surface area contributed by atoms with Gasteiger partial charge in [0.25, 0.3) is 0 Å². The molecule has 0 aliphatic heterocycles. The Morgan fingerprint density at radius 3 is 2.21 bits per heavy atom. The third-order valence-corrected chi connectivity index (χ3v) is 2.10. The van der Waals surface area contributed by atoms with Crippen molar-refractivity contribution in [3.63, 3.8) is 0 Å². The maximum Gasteiger partial charge on any atom is 0.155 e. The minimum atomic E-state index is 0.155. The molecule has 0 bridgehead atoms. The topological polar surface area (TPSA) is 38.7 Å². The zero-order valence-electron chi connectivity index (χ0n) is 8.78. The summed E-state index contributed by atoms with van der Waals surface area (Å²) in [6.45, 7) is 6.72. The van der Waals surface area contributed by atoms with Crippen LogP contribution in [0.25, 0.3) is 0 Å². The van der Waals surface area contributed by atoms with Crippen LogP contribution < -0.4 is 0 Å². The van der Waals surface area contributed by atoms with Crippen LogP contribution in [0.4, 0.5) is 0 Å². The fourth-order valence-electron chi connectivity index (χ4n) is 1.20. The van der Waals surface area contributed by atoms with Crippen molar-refractivity contribution in [3.05, 3.63) is 40.3 Å². The van der Waals surface area contributed by atoms with Gasteiger partial charge in [-0.05, 0) is 16.5 Å². The Balaban J connectivity index is 2.73. The zero-order valence-corrected chi connectivity index (χ0v) is 8.78. The molecule has 3 nitrogen and oxygen atoms in total. The highest BCUT2D eigenvalue weighted by Gasteiger charge is 2.12. The third-order valence-electron chi connectivity index (χ3n) is 2.10. The lowest BCUT2D eigenvalue weighted by atomic mass is 9.87. The van der Waals surface area contributed by atoms with Crippen LogP contribution in [0, 0.1) is 4.91 Å². The van der Waals surface area contributed by atoms with Crippen molar-refractivity contribution in [2.24, 2.45) is 5.34 Å². The Labute approximate surface area is 84.0 Å². The van der Waals surface area contributed by atoms with Gasteiger partial charge in [-0.15, -0.1) is 4.91 Å². The molecule has 1 aromatic rings. The molecule has 1 rings (SSSR count). The molecule has 0 saturated carbocycles. The number of nitrogens with zero attached hydrogens (tertiary/aromatic N) is 1. The van der Waals surface area contributed by atoms with Gasteiger partial charge in [-0.25, -0.2) is 0 Å². The largest absolute Gasteiger partial charge is 0.359 e. The van der Waals surface area contributed by atoms with E-state index in [4.69, 9.17) is 0 Å². The standard InChI is InChI=1S/C11H15NO2/c1-11(2,3)10-6-4-9(5-7-10)8-14-12-13/h4-7H,8H2,1-3H3. The Morgan fingerprint density at radius 2 is 1.79 bits per heavy atom. The first-order valence-corrected chi connectivity index (χ1v) is 4.58. The van der Waals surface area contributed by atoms with Crippen LogP contribution in [-0.4, -0.2) is 0 Å². The minimum absolute atomic E-state index is 0.155. The van der Waals surface area contributed by atoms with Gasteiger partial charge < -0.3 is 4.84 Å². The van der Waals surface area contributed by atoms with Gasteiger partial charge >= 0.3 is 0 Å². The fraction of sp³-hybridized carbons (Fsp3) is 0.455. The lowest BCUT2D eigenvalue weighted by Crippen LogP contribution is -2.10. The summed E-state index contributed by atoms with van der Waals surface area (Å²) in [4.78, 5) is 14.1. The van der Waals surface area contributed by atoms with Gasteiger partial charge in [-0.1, -0.05) is 45.0 Å². The Kier molecular flexibility index (Phi) is 3.23. The van der Waals surface area contributed by atoms with Crippen molar-refractivity contribution in [1.29, 1.82) is 0 Å². The summed E-state index contributed by atoms with van der Waals surface area (Å²) in [5.41, 5.74) is 2.38. The lowest BCUT2D eigenvalue weighted by Gasteiger charge is -2.18. The fourth-order valence-corrected chi connectivity index (χ4v) is 1.20. The molecular formula is C11H15NO2. The quantitative estimate of drug-likeness (QED) is 0.546. The van der Waals surface area contributed by atoms with Crippen molar-refractivity contribution in [2.75, 3.05) is 0 Å². The molecule has 0 aromatic heterocycles. The van der Waals surface area contributed by atoms with Gasteiger partial charge in [0.2, 0.25) is 0 Å². The summed E-state index contributed by atoms with van der Waals surface area (Å²) in [6.07, 6.45) is 0. The molecule has 0 fully saturated rings. The van der Waals surface area contributed by atoms with Crippen molar-refractivity contribution in [3.8, 4) is 0 Å². The van der Waals surface area contributed by atoms with Gasteiger partial charge in [-0.2, -0.15) is 0 Å². The summed E-state index contributed by atoms with van der Waals surface area (Å²) in [5.74, 6) is 0. The molecule has 14 heavy (non-hydrogen) atoms. The van der Waals surface area contributed by atoms with E-state index in [0.29, 0.717) is 0 Å². The number of hydrogen-bond donors (Lipinski definition) is 0. The number of hydrogen-bond acceptors (Lipinski definition) is 3. The first-order chi connectivity index (χ1) is 6.54. The maximum absolute atomic E-state index is 9.73. The maximum atomic E-state index is 9.73. The van der Waals surface area contributed by atoms with Crippen LogP contribution in [0.5, 0.6) is 0 Å². The molecule has 76 valence electrons. The van der Waals surface area contributed by atoms with Crippen molar-refractivity contribution >= 4 is 0 Å². The summed E-state index contributed by atoms with van der Waals surface area (Å²) in [5, 5.41) is 2.35. The molecular weight excluding hydrogens is 178 g/mol. The Morgan fingerprint density at radius 1 is 1.21 bits per heavy atom. The molecule has 0 amide bonds. The van der Waals surface area contributed by atoms with Crippen molar-refractivity contribution in [1.82, 2.24) is 0 Å². The van der Waals surface area contributed by atoms with Crippen LogP contribution in [-0.2, 0) is 16.9 Å². The van der Waals surface area contributed by atoms with E-state index in [9.17, 15) is 4.91 Å². The molecule has 0 heterocycles. The molecule has 0 atom stereocenters. The molecule has 0 saturated heterocycles. The minimum Gasteiger partial charge on any atom is -0.359 e. The number of benzene rings is 1. The summed E-state index contributed by atoms with van der Waals surface area (Å²) < 4.78 is 0. The predicted octanol–water partition coefficient (Wildman–Crippen LogP) is 3.18. The molecule has 0 aliphatic carbocycles. The van der Waals surface area contributed by atoms with Crippen molar-refractivity contribution < 1.29 is 4.84 Å². The molecule has 0 radical (unpaired) electrons. The zero-order chi connectivity index (χ0) is 10.6. The summed E-state index contributed by atoms with van der Waals surface area (Å²) in [7, 11) is 0. The molecule has 3 heteroatoms. The summed E-state index contributed by atoms with van der Waals surface area (Å²) in [6, 6.07) is 7.99. The highest BCUT2D eigenvalue weighted by Crippen LogP contribution is 2.22. The van der Waals surface area contributed by atoms with Crippen LogP contribution in [0.1, 0.15) is 31.9 Å². The molecule has 0 spiro atoms. The van der Waals surface area contributed by atoms with E-state index in [-0.39, 0.29) is 12.0 Å². The van der Waals surface area contributed by atoms with E-state index in [1.807, 2.05) is 24.3 Å². The molecule has 0 aliphatic rings. The summed E-state index contributed by atoms with van der Waals surface area (Å²) >= 11 is 0. The third kappa shape index (κ3) is 2.83. The van der Waals surface area contributed by atoms with E-state index in [2.05, 4.69) is 30.9 Å². The van der Waals surface area contributed by atoms with Crippen LogP contribution in [0.2, 0.25) is 0 Å². The molecule has 0 N–H and O–H groups in total. The monoisotopic (exact) mass is 193 g/mol. The van der Waals surface area contributed by atoms with E-state index in [1.54, 1.807) is 0 Å². The smallest absolute Gasteiger partial charge is 0.155 e. The first kappa shape index (κ1) is 10.7. The van der Waals surface area contributed by atoms with Gasteiger partial charge in [-0.3, -0.25) is 0 Å². The second-order valence-electron chi connectivity index (χ2n) is 4.29. The highest BCUT2D eigenvalue weighted by atomic mass is 16.7. The van der Waals surface area contributed by atoms with Gasteiger partial charge in [0, 0.05) is 0 Å². The van der Waals surface area contributed by atoms with Gasteiger partial charge in [0.1, 0.15) is 6.61 Å². The van der Waals surface area contributed by atoms with Crippen LogP contribution >= 0.6 is 0 Å². The average molecular weight is 193 g/mol. The first-order valence-electron chi connectivity index (χ1n) is 4.58.